The maximum atomic E-state index is 12.6. The van der Waals surface area contributed by atoms with Crippen LogP contribution in [0.1, 0.15) is 27.3 Å². The van der Waals surface area contributed by atoms with E-state index >= 15 is 0 Å². The average molecular weight is 363 g/mol. The molecule has 4 rings (SSSR count). The van der Waals surface area contributed by atoms with E-state index in [0.29, 0.717) is 17.4 Å². The molecule has 2 heterocycles. The summed E-state index contributed by atoms with van der Waals surface area (Å²) in [5.41, 5.74) is 4.19. The third-order valence-corrected chi connectivity index (χ3v) is 5.07. The lowest BCUT2D eigenvalue weighted by Gasteiger charge is -2.04. The van der Waals surface area contributed by atoms with Gasteiger partial charge in [0.15, 0.2) is 10.8 Å². The van der Waals surface area contributed by atoms with Gasteiger partial charge in [-0.1, -0.05) is 52.9 Å². The minimum Gasteiger partial charge on any atom is -0.296 e. The molecule has 0 aliphatic carbocycles. The fraction of sp³-hybridized carbons (Fsp3) is 0.158. The number of hydrogen-bond acceptors (Lipinski definition) is 5. The maximum Gasteiger partial charge on any atom is 0.279 e. The second kappa shape index (κ2) is 6.68. The number of rotatable bonds is 4. The van der Waals surface area contributed by atoms with Gasteiger partial charge in [-0.3, -0.25) is 10.1 Å². The molecule has 0 fully saturated rings. The molecule has 0 spiro atoms. The van der Waals surface area contributed by atoms with Gasteiger partial charge < -0.3 is 0 Å². The molecule has 0 unspecified atom stereocenters. The van der Waals surface area contributed by atoms with Crippen LogP contribution >= 0.6 is 11.3 Å². The Hall–Kier alpha value is -3.06. The molecule has 6 nitrogen and oxygen atoms in total. The van der Waals surface area contributed by atoms with Gasteiger partial charge in [0.1, 0.15) is 0 Å². The number of carbonyl (C=O) groups excluding carboxylic acids is 1. The third kappa shape index (κ3) is 3.21. The van der Waals surface area contributed by atoms with E-state index in [4.69, 9.17) is 0 Å². The first-order chi connectivity index (χ1) is 12.6. The van der Waals surface area contributed by atoms with Gasteiger partial charge in [0.2, 0.25) is 0 Å². The molecule has 1 N–H and O–H groups in total. The van der Waals surface area contributed by atoms with Crippen LogP contribution in [0.2, 0.25) is 0 Å². The monoisotopic (exact) mass is 363 g/mol. The number of aryl methyl sites for hydroxylation is 1. The zero-order chi connectivity index (χ0) is 18.1. The number of hydrogen-bond donors (Lipinski definition) is 1. The molecule has 2 aromatic heterocycles. The molecule has 4 aromatic rings. The van der Waals surface area contributed by atoms with Crippen molar-refractivity contribution in [2.75, 3.05) is 5.32 Å². The molecule has 0 radical (unpaired) electrons. The van der Waals surface area contributed by atoms with Crippen LogP contribution in [0.15, 0.2) is 48.5 Å². The minimum absolute atomic E-state index is 0.294. The Morgan fingerprint density at radius 1 is 1.15 bits per heavy atom. The molecule has 0 aliphatic heterocycles. The Morgan fingerprint density at radius 3 is 2.77 bits per heavy atom. The highest BCUT2D eigenvalue weighted by molar-refractivity contribution is 7.22. The van der Waals surface area contributed by atoms with Crippen LogP contribution in [-0.2, 0) is 6.54 Å². The van der Waals surface area contributed by atoms with Crippen molar-refractivity contribution in [3.63, 3.8) is 0 Å². The Kier molecular flexibility index (Phi) is 4.22. The van der Waals surface area contributed by atoms with Crippen LogP contribution < -0.4 is 5.32 Å². The van der Waals surface area contributed by atoms with Gasteiger partial charge in [0, 0.05) is 0 Å². The first kappa shape index (κ1) is 16.4. The number of nitrogens with zero attached hydrogens (tertiary/aromatic N) is 4. The van der Waals surface area contributed by atoms with E-state index in [2.05, 4.69) is 26.7 Å². The van der Waals surface area contributed by atoms with Gasteiger partial charge >= 0.3 is 0 Å². The van der Waals surface area contributed by atoms with E-state index < -0.39 is 0 Å². The molecular formula is C19H17N5OS. The number of carbonyl (C=O) groups is 1. The summed E-state index contributed by atoms with van der Waals surface area (Å²) in [5.74, 6) is -0.294. The van der Waals surface area contributed by atoms with Crippen LogP contribution in [-0.4, -0.2) is 25.9 Å². The SMILES string of the molecule is Cc1ccc2nc(NC(=O)c3nnn(Cc4ccccc4)c3C)sc2c1. The van der Waals surface area contributed by atoms with Gasteiger partial charge in [0.05, 0.1) is 22.5 Å². The van der Waals surface area contributed by atoms with Gasteiger partial charge in [-0.2, -0.15) is 0 Å². The second-order valence-electron chi connectivity index (χ2n) is 6.11. The van der Waals surface area contributed by atoms with Crippen molar-refractivity contribution in [1.82, 2.24) is 20.0 Å². The Bertz CT molecular complexity index is 1080. The second-order valence-corrected chi connectivity index (χ2v) is 7.14. The molecule has 7 heteroatoms. The van der Waals surface area contributed by atoms with Crippen LogP contribution in [0, 0.1) is 13.8 Å². The molecule has 2 aromatic carbocycles. The number of nitrogens with one attached hydrogen (secondary N) is 1. The molecular weight excluding hydrogens is 346 g/mol. The van der Waals surface area contributed by atoms with E-state index in [0.717, 1.165) is 21.5 Å². The molecule has 130 valence electrons. The molecule has 0 bridgehead atoms. The number of amides is 1. The number of anilines is 1. The Morgan fingerprint density at radius 2 is 1.96 bits per heavy atom. The van der Waals surface area contributed by atoms with Crippen molar-refractivity contribution in [3.8, 4) is 0 Å². The van der Waals surface area contributed by atoms with Crippen LogP contribution in [0.5, 0.6) is 0 Å². The van der Waals surface area contributed by atoms with Crippen LogP contribution in [0.4, 0.5) is 5.13 Å². The number of thiazole rings is 1. The predicted octanol–water partition coefficient (Wildman–Crippen LogP) is 3.81. The summed E-state index contributed by atoms with van der Waals surface area (Å²) in [4.78, 5) is 17.0. The molecule has 0 saturated carbocycles. The summed E-state index contributed by atoms with van der Waals surface area (Å²) in [5, 5.41) is 11.6. The van der Waals surface area contributed by atoms with Crippen molar-refractivity contribution in [2.45, 2.75) is 20.4 Å². The van der Waals surface area contributed by atoms with E-state index in [1.807, 2.05) is 56.3 Å². The normalized spacial score (nSPS) is 11.0. The summed E-state index contributed by atoms with van der Waals surface area (Å²) < 4.78 is 2.77. The number of aromatic nitrogens is 4. The van der Waals surface area contributed by atoms with Crippen molar-refractivity contribution >= 4 is 32.6 Å². The van der Waals surface area contributed by atoms with Crippen molar-refractivity contribution < 1.29 is 4.79 Å². The summed E-state index contributed by atoms with van der Waals surface area (Å²) in [6.45, 7) is 4.46. The number of fused-ring (bicyclic) bond motifs is 1. The molecule has 0 saturated heterocycles. The van der Waals surface area contributed by atoms with Gasteiger partial charge in [-0.15, -0.1) is 5.10 Å². The topological polar surface area (TPSA) is 72.7 Å². The first-order valence-corrected chi connectivity index (χ1v) is 9.04. The molecule has 0 atom stereocenters. The van der Waals surface area contributed by atoms with E-state index in [9.17, 15) is 4.79 Å². The fourth-order valence-electron chi connectivity index (χ4n) is 2.72. The van der Waals surface area contributed by atoms with Crippen LogP contribution in [0.25, 0.3) is 10.2 Å². The van der Waals surface area contributed by atoms with Gasteiger partial charge in [-0.05, 0) is 37.1 Å². The maximum absolute atomic E-state index is 12.6. The standard InChI is InChI=1S/C19H17N5OS/c1-12-8-9-15-16(10-12)26-19(20-15)21-18(25)17-13(2)24(23-22-17)11-14-6-4-3-5-7-14/h3-10H,11H2,1-2H3,(H,20,21,25). The highest BCUT2D eigenvalue weighted by atomic mass is 32.1. The highest BCUT2D eigenvalue weighted by Crippen LogP contribution is 2.27. The Labute approximate surface area is 154 Å². The van der Waals surface area contributed by atoms with Crippen molar-refractivity contribution in [1.29, 1.82) is 0 Å². The minimum atomic E-state index is -0.294. The molecule has 26 heavy (non-hydrogen) atoms. The fourth-order valence-corrected chi connectivity index (χ4v) is 3.68. The summed E-state index contributed by atoms with van der Waals surface area (Å²) >= 11 is 1.45. The predicted molar refractivity (Wildman–Crippen MR) is 103 cm³/mol. The average Bonchev–Trinajstić information content (AvgIpc) is 3.19. The lowest BCUT2D eigenvalue weighted by atomic mass is 10.2. The lowest BCUT2D eigenvalue weighted by molar-refractivity contribution is 0.102. The number of benzene rings is 2. The third-order valence-electron chi connectivity index (χ3n) is 4.14. The quantitative estimate of drug-likeness (QED) is 0.598. The highest BCUT2D eigenvalue weighted by Gasteiger charge is 2.18. The summed E-state index contributed by atoms with van der Waals surface area (Å²) in [6.07, 6.45) is 0. The van der Waals surface area contributed by atoms with Crippen molar-refractivity contribution in [3.05, 3.63) is 71.0 Å². The molecule has 1 amide bonds. The lowest BCUT2D eigenvalue weighted by Crippen LogP contribution is -2.14. The smallest absolute Gasteiger partial charge is 0.279 e. The molecule has 0 aliphatic rings. The van der Waals surface area contributed by atoms with Crippen molar-refractivity contribution in [2.24, 2.45) is 0 Å². The summed E-state index contributed by atoms with van der Waals surface area (Å²) in [6, 6.07) is 16.0. The Balaban J connectivity index is 1.54. The largest absolute Gasteiger partial charge is 0.296 e. The van der Waals surface area contributed by atoms with Gasteiger partial charge in [-0.25, -0.2) is 9.67 Å². The zero-order valence-corrected chi connectivity index (χ0v) is 15.2. The van der Waals surface area contributed by atoms with E-state index in [1.165, 1.54) is 16.9 Å². The summed E-state index contributed by atoms with van der Waals surface area (Å²) in [7, 11) is 0. The van der Waals surface area contributed by atoms with Crippen LogP contribution in [0.3, 0.4) is 0 Å². The van der Waals surface area contributed by atoms with E-state index in [1.54, 1.807) is 4.68 Å². The van der Waals surface area contributed by atoms with E-state index in [-0.39, 0.29) is 5.91 Å². The zero-order valence-electron chi connectivity index (χ0n) is 14.4. The van der Waals surface area contributed by atoms with Gasteiger partial charge in [0.25, 0.3) is 5.91 Å². The first-order valence-electron chi connectivity index (χ1n) is 8.23.